The fraction of sp³-hybridized carbons (Fsp3) is 0.364. The van der Waals surface area contributed by atoms with Crippen molar-refractivity contribution in [2.24, 2.45) is 0 Å². The highest BCUT2D eigenvalue weighted by atomic mass is 16.5. The zero-order valence-electron chi connectivity index (χ0n) is 17.9. The summed E-state index contributed by atoms with van der Waals surface area (Å²) in [6, 6.07) is 9.38. The predicted molar refractivity (Wildman–Crippen MR) is 115 cm³/mol. The Balaban J connectivity index is 1.73. The smallest absolute Gasteiger partial charge is 0.263 e. The second-order valence-electron chi connectivity index (χ2n) is 7.45. The lowest BCUT2D eigenvalue weighted by atomic mass is 10.0. The molecule has 2 N–H and O–H groups in total. The molecular weight excluding hydrogens is 382 g/mol. The maximum atomic E-state index is 12.4. The van der Waals surface area contributed by atoms with E-state index in [1.807, 2.05) is 31.2 Å². The van der Waals surface area contributed by atoms with Gasteiger partial charge in [0, 0.05) is 17.3 Å². The summed E-state index contributed by atoms with van der Waals surface area (Å²) in [5.41, 5.74) is 2.94. The average molecular weight is 409 g/mol. The number of benzene rings is 1. The monoisotopic (exact) mass is 409 g/mol. The number of H-pyrrole nitrogens is 1. The number of rotatable bonds is 7. The summed E-state index contributed by atoms with van der Waals surface area (Å²) in [6.45, 7) is 9.57. The van der Waals surface area contributed by atoms with Gasteiger partial charge in [0.1, 0.15) is 11.6 Å². The second-order valence-corrected chi connectivity index (χ2v) is 7.45. The van der Waals surface area contributed by atoms with E-state index in [1.54, 1.807) is 19.9 Å². The highest BCUT2D eigenvalue weighted by Gasteiger charge is 2.15. The number of aromatic nitrogens is 4. The summed E-state index contributed by atoms with van der Waals surface area (Å²) in [4.78, 5) is 31.9. The number of carbonyl (C=O) groups excluding carboxylic acids is 1. The van der Waals surface area contributed by atoms with Crippen LogP contribution in [0.15, 0.2) is 35.1 Å². The summed E-state index contributed by atoms with van der Waals surface area (Å²) < 4.78 is 7.00. The molecule has 0 unspecified atom stereocenters. The van der Waals surface area contributed by atoms with Gasteiger partial charge in [-0.25, -0.2) is 4.98 Å². The maximum Gasteiger partial charge on any atom is 0.263 e. The van der Waals surface area contributed by atoms with Gasteiger partial charge in [-0.15, -0.1) is 0 Å². The van der Waals surface area contributed by atoms with E-state index in [2.05, 4.69) is 34.2 Å². The molecule has 0 atom stereocenters. The maximum absolute atomic E-state index is 12.4. The fourth-order valence-electron chi connectivity index (χ4n) is 3.14. The summed E-state index contributed by atoms with van der Waals surface area (Å²) in [6.07, 6.45) is 0.589. The number of hydrogen-bond acceptors (Lipinski definition) is 5. The van der Waals surface area contributed by atoms with Crippen LogP contribution in [-0.2, 0) is 11.2 Å². The van der Waals surface area contributed by atoms with Gasteiger partial charge < -0.3 is 10.1 Å². The molecule has 8 heteroatoms. The topological polar surface area (TPSA) is 102 Å². The quantitative estimate of drug-likeness (QED) is 0.624. The molecule has 0 aliphatic heterocycles. The lowest BCUT2D eigenvalue weighted by Gasteiger charge is -2.11. The summed E-state index contributed by atoms with van der Waals surface area (Å²) in [5, 5.41) is 7.12. The van der Waals surface area contributed by atoms with Crippen molar-refractivity contribution in [2.45, 2.75) is 47.0 Å². The van der Waals surface area contributed by atoms with Crippen LogP contribution >= 0.6 is 0 Å². The third-order valence-electron chi connectivity index (χ3n) is 4.78. The number of ether oxygens (including phenoxy) is 1. The Kier molecular flexibility index (Phi) is 6.34. The van der Waals surface area contributed by atoms with Gasteiger partial charge >= 0.3 is 0 Å². The number of nitrogens with one attached hydrogen (secondary N) is 2. The Labute approximate surface area is 175 Å². The van der Waals surface area contributed by atoms with Gasteiger partial charge in [-0.05, 0) is 43.9 Å². The van der Waals surface area contributed by atoms with E-state index in [9.17, 15) is 9.59 Å². The molecule has 3 aromatic rings. The van der Waals surface area contributed by atoms with Gasteiger partial charge in [0.15, 0.2) is 6.61 Å². The van der Waals surface area contributed by atoms with Crippen molar-refractivity contribution in [3.63, 3.8) is 0 Å². The molecule has 0 radical (unpaired) electrons. The van der Waals surface area contributed by atoms with Crippen molar-refractivity contribution >= 4 is 11.7 Å². The molecule has 2 heterocycles. The predicted octanol–water partition coefficient (Wildman–Crippen LogP) is 3.28. The number of carbonyl (C=O) groups is 1. The minimum Gasteiger partial charge on any atom is -0.484 e. The first-order valence-corrected chi connectivity index (χ1v) is 9.98. The van der Waals surface area contributed by atoms with Crippen molar-refractivity contribution in [3.8, 4) is 11.7 Å². The van der Waals surface area contributed by atoms with Gasteiger partial charge in [0.2, 0.25) is 5.95 Å². The van der Waals surface area contributed by atoms with Gasteiger partial charge in [-0.3, -0.25) is 14.6 Å². The SMILES string of the molecule is CCc1c(C)nc(-n2nc(C)cc2NC(=O)COc2ccc(C(C)C)cc2)[nH]c1=O. The Bertz CT molecular complexity index is 1100. The van der Waals surface area contributed by atoms with E-state index in [0.29, 0.717) is 40.9 Å². The zero-order valence-corrected chi connectivity index (χ0v) is 17.9. The number of aryl methyl sites for hydroxylation is 2. The van der Waals surface area contributed by atoms with Crippen LogP contribution in [0.3, 0.4) is 0 Å². The first-order chi connectivity index (χ1) is 14.3. The number of aromatic amines is 1. The Morgan fingerprint density at radius 3 is 2.53 bits per heavy atom. The lowest BCUT2D eigenvalue weighted by molar-refractivity contribution is -0.118. The van der Waals surface area contributed by atoms with Crippen molar-refractivity contribution in [2.75, 3.05) is 11.9 Å². The molecule has 0 aliphatic rings. The van der Waals surface area contributed by atoms with Crippen LogP contribution in [0.2, 0.25) is 0 Å². The highest BCUT2D eigenvalue weighted by Crippen LogP contribution is 2.19. The van der Waals surface area contributed by atoms with E-state index in [0.717, 1.165) is 0 Å². The average Bonchev–Trinajstić information content (AvgIpc) is 3.06. The van der Waals surface area contributed by atoms with E-state index in [1.165, 1.54) is 10.2 Å². The molecule has 0 aliphatic carbocycles. The molecule has 3 rings (SSSR count). The molecular formula is C22H27N5O3. The molecule has 0 spiro atoms. The lowest BCUT2D eigenvalue weighted by Crippen LogP contribution is -2.24. The van der Waals surface area contributed by atoms with Crippen LogP contribution in [0.5, 0.6) is 5.75 Å². The first-order valence-electron chi connectivity index (χ1n) is 9.98. The van der Waals surface area contributed by atoms with Crippen molar-refractivity contribution in [1.29, 1.82) is 0 Å². The summed E-state index contributed by atoms with van der Waals surface area (Å²) >= 11 is 0. The number of anilines is 1. The standard InChI is InChI=1S/C22H27N5O3/c1-6-18-15(5)23-22(25-21(18)29)27-19(11-14(4)26-27)24-20(28)12-30-17-9-7-16(8-10-17)13(2)3/h7-11,13H,6,12H2,1-5H3,(H,24,28)(H,23,25,29). The number of nitrogens with zero attached hydrogens (tertiary/aromatic N) is 3. The molecule has 0 saturated heterocycles. The van der Waals surface area contributed by atoms with Crippen molar-refractivity contribution in [1.82, 2.24) is 19.7 Å². The van der Waals surface area contributed by atoms with Gasteiger partial charge in [-0.1, -0.05) is 32.9 Å². The normalized spacial score (nSPS) is 11.0. The second kappa shape index (κ2) is 8.94. The van der Waals surface area contributed by atoms with E-state index < -0.39 is 0 Å². The van der Waals surface area contributed by atoms with E-state index in [-0.39, 0.29) is 24.0 Å². The molecule has 0 fully saturated rings. The third kappa shape index (κ3) is 4.76. The number of hydrogen-bond donors (Lipinski definition) is 2. The van der Waals surface area contributed by atoms with Crippen LogP contribution in [-0.4, -0.2) is 32.3 Å². The van der Waals surface area contributed by atoms with Gasteiger partial charge in [-0.2, -0.15) is 9.78 Å². The fourth-order valence-corrected chi connectivity index (χ4v) is 3.14. The molecule has 1 aromatic carbocycles. The Morgan fingerprint density at radius 2 is 1.93 bits per heavy atom. The van der Waals surface area contributed by atoms with Crippen LogP contribution in [0, 0.1) is 13.8 Å². The minimum absolute atomic E-state index is 0.150. The highest BCUT2D eigenvalue weighted by molar-refractivity contribution is 5.91. The van der Waals surface area contributed by atoms with Crippen LogP contribution in [0.25, 0.3) is 5.95 Å². The molecule has 0 bridgehead atoms. The molecule has 2 aromatic heterocycles. The van der Waals surface area contributed by atoms with Gasteiger partial charge in [0.05, 0.1) is 5.69 Å². The van der Waals surface area contributed by atoms with E-state index in [4.69, 9.17) is 4.74 Å². The van der Waals surface area contributed by atoms with Crippen molar-refractivity contribution in [3.05, 3.63) is 63.2 Å². The Hall–Kier alpha value is -3.42. The minimum atomic E-state index is -0.340. The Morgan fingerprint density at radius 1 is 1.23 bits per heavy atom. The summed E-state index contributed by atoms with van der Waals surface area (Å²) in [7, 11) is 0. The van der Waals surface area contributed by atoms with Crippen LogP contribution in [0.1, 0.15) is 49.2 Å². The van der Waals surface area contributed by atoms with E-state index >= 15 is 0 Å². The summed E-state index contributed by atoms with van der Waals surface area (Å²) in [5.74, 6) is 1.37. The number of amides is 1. The third-order valence-corrected chi connectivity index (χ3v) is 4.78. The molecule has 158 valence electrons. The van der Waals surface area contributed by atoms with Crippen molar-refractivity contribution < 1.29 is 9.53 Å². The largest absolute Gasteiger partial charge is 0.484 e. The molecule has 1 amide bonds. The molecule has 8 nitrogen and oxygen atoms in total. The van der Waals surface area contributed by atoms with Gasteiger partial charge in [0.25, 0.3) is 11.5 Å². The molecule has 0 saturated carbocycles. The first kappa shape index (κ1) is 21.3. The zero-order chi connectivity index (χ0) is 21.8. The molecule has 30 heavy (non-hydrogen) atoms. The van der Waals surface area contributed by atoms with Crippen LogP contribution in [0.4, 0.5) is 5.82 Å². The van der Waals surface area contributed by atoms with Crippen LogP contribution < -0.4 is 15.6 Å².